The molecule has 3 rings (SSSR count). The fraction of sp³-hybridized carbons (Fsp3) is 0. The van der Waals surface area contributed by atoms with Gasteiger partial charge in [0.15, 0.2) is 11.6 Å². The minimum absolute atomic E-state index is 0.485. The topological polar surface area (TPSA) is 101 Å². The first kappa shape index (κ1) is 11.8. The van der Waals surface area contributed by atoms with Gasteiger partial charge in [0, 0.05) is 11.1 Å². The maximum Gasteiger partial charge on any atom is 0.162 e. The van der Waals surface area contributed by atoms with Gasteiger partial charge < -0.3 is 0 Å². The summed E-state index contributed by atoms with van der Waals surface area (Å²) in [5.74, 6) is 0.986. The van der Waals surface area contributed by atoms with Gasteiger partial charge in [0.1, 0.15) is 25.3 Å². The second-order valence-corrected chi connectivity index (χ2v) is 3.83. The molecule has 0 saturated carbocycles. The third-order valence-electron chi connectivity index (χ3n) is 2.57. The largest absolute Gasteiger partial charge is 0.225 e. The summed E-state index contributed by atoms with van der Waals surface area (Å²) < 4.78 is 0. The summed E-state index contributed by atoms with van der Waals surface area (Å²) in [5.41, 5.74) is 1.90. The van der Waals surface area contributed by atoms with Crippen LogP contribution in [-0.2, 0) is 0 Å². The molecule has 7 nitrogen and oxygen atoms in total. The molecule has 3 aromatic rings. The summed E-state index contributed by atoms with van der Waals surface area (Å²) in [6, 6.07) is 7.35. The Bertz CT molecular complexity index is 708. The van der Waals surface area contributed by atoms with Gasteiger partial charge in [0.05, 0.1) is 11.6 Å². The normalized spacial score (nSPS) is 9.95. The van der Waals surface area contributed by atoms with Crippen molar-refractivity contribution in [3.8, 4) is 28.8 Å². The Kier molecular flexibility index (Phi) is 3.04. The molecule has 2 aromatic heterocycles. The highest BCUT2D eigenvalue weighted by molar-refractivity contribution is 5.68. The molecule has 7 heteroatoms. The average molecular weight is 261 g/mol. The Morgan fingerprint density at radius 3 is 1.55 bits per heavy atom. The van der Waals surface area contributed by atoms with E-state index in [1.54, 1.807) is 12.1 Å². The molecule has 0 unspecified atom stereocenters. The molecule has 0 aliphatic heterocycles. The van der Waals surface area contributed by atoms with Crippen molar-refractivity contribution in [2.45, 2.75) is 0 Å². The van der Waals surface area contributed by atoms with E-state index in [1.165, 1.54) is 25.3 Å². The average Bonchev–Trinajstić information content (AvgIpc) is 2.56. The molecule has 94 valence electrons. The van der Waals surface area contributed by atoms with Crippen molar-refractivity contribution in [3.63, 3.8) is 0 Å². The molecule has 0 saturated heterocycles. The van der Waals surface area contributed by atoms with Crippen molar-refractivity contribution in [3.05, 3.63) is 49.1 Å². The molecule has 2 heterocycles. The summed E-state index contributed by atoms with van der Waals surface area (Å²) in [5, 5.41) is 9.12. The first-order chi connectivity index (χ1) is 9.86. The molecule has 0 aliphatic carbocycles. The van der Waals surface area contributed by atoms with Crippen LogP contribution in [0.4, 0.5) is 0 Å². The zero-order chi connectivity index (χ0) is 13.8. The highest BCUT2D eigenvalue weighted by Gasteiger charge is 2.08. The van der Waals surface area contributed by atoms with E-state index in [0.29, 0.717) is 28.3 Å². The number of nitriles is 1. The molecule has 0 atom stereocenters. The molecule has 0 N–H and O–H groups in total. The molecular weight excluding hydrogens is 254 g/mol. The van der Waals surface area contributed by atoms with Crippen LogP contribution in [0.3, 0.4) is 0 Å². The van der Waals surface area contributed by atoms with Crippen LogP contribution in [-0.4, -0.2) is 29.9 Å². The predicted octanol–water partition coefficient (Wildman–Crippen LogP) is 1.26. The van der Waals surface area contributed by atoms with Gasteiger partial charge in [-0.1, -0.05) is 0 Å². The number of hydrogen-bond acceptors (Lipinski definition) is 7. The van der Waals surface area contributed by atoms with Gasteiger partial charge >= 0.3 is 0 Å². The van der Waals surface area contributed by atoms with Crippen molar-refractivity contribution < 1.29 is 0 Å². The van der Waals surface area contributed by atoms with Gasteiger partial charge in [-0.15, -0.1) is 0 Å². The van der Waals surface area contributed by atoms with Crippen molar-refractivity contribution >= 4 is 0 Å². The SMILES string of the molecule is N#Cc1cc(-c2ncncn2)cc(-c2ncncn2)c1. The van der Waals surface area contributed by atoms with Crippen LogP contribution in [0.5, 0.6) is 0 Å². The molecular formula is C13H7N7. The van der Waals surface area contributed by atoms with Gasteiger partial charge in [0.2, 0.25) is 0 Å². The smallest absolute Gasteiger partial charge is 0.162 e. The molecule has 0 aliphatic rings. The minimum Gasteiger partial charge on any atom is -0.225 e. The Morgan fingerprint density at radius 1 is 0.700 bits per heavy atom. The van der Waals surface area contributed by atoms with Crippen LogP contribution in [0.15, 0.2) is 43.5 Å². The third-order valence-corrected chi connectivity index (χ3v) is 2.57. The molecule has 1 aromatic carbocycles. The van der Waals surface area contributed by atoms with Gasteiger partial charge in [-0.05, 0) is 18.2 Å². The van der Waals surface area contributed by atoms with Crippen LogP contribution in [0.2, 0.25) is 0 Å². The molecule has 0 fully saturated rings. The van der Waals surface area contributed by atoms with E-state index in [2.05, 4.69) is 36.0 Å². The number of aromatic nitrogens is 6. The van der Waals surface area contributed by atoms with E-state index in [1.807, 2.05) is 6.07 Å². The summed E-state index contributed by atoms with van der Waals surface area (Å²) in [6.45, 7) is 0. The molecule has 0 radical (unpaired) electrons. The summed E-state index contributed by atoms with van der Waals surface area (Å²) >= 11 is 0. The van der Waals surface area contributed by atoms with Crippen LogP contribution < -0.4 is 0 Å². The molecule has 0 amide bonds. The second-order valence-electron chi connectivity index (χ2n) is 3.83. The van der Waals surface area contributed by atoms with Crippen molar-refractivity contribution in [2.24, 2.45) is 0 Å². The molecule has 0 bridgehead atoms. The van der Waals surface area contributed by atoms with Crippen molar-refractivity contribution in [2.75, 3.05) is 0 Å². The van der Waals surface area contributed by atoms with E-state index in [4.69, 9.17) is 5.26 Å². The Morgan fingerprint density at radius 2 is 1.15 bits per heavy atom. The first-order valence-corrected chi connectivity index (χ1v) is 5.67. The van der Waals surface area contributed by atoms with Crippen molar-refractivity contribution in [1.82, 2.24) is 29.9 Å². The van der Waals surface area contributed by atoms with E-state index in [0.717, 1.165) is 0 Å². The zero-order valence-electron chi connectivity index (χ0n) is 10.2. The number of nitrogens with zero attached hydrogens (tertiary/aromatic N) is 7. The third kappa shape index (κ3) is 2.30. The van der Waals surface area contributed by atoms with Gasteiger partial charge in [-0.3, -0.25) is 0 Å². The quantitative estimate of drug-likeness (QED) is 0.684. The Labute approximate surface area is 114 Å². The summed E-state index contributed by atoms with van der Waals surface area (Å²) in [6.07, 6.45) is 5.63. The van der Waals surface area contributed by atoms with Crippen LogP contribution in [0, 0.1) is 11.3 Å². The highest BCUT2D eigenvalue weighted by atomic mass is 15.0. The van der Waals surface area contributed by atoms with E-state index in [9.17, 15) is 0 Å². The van der Waals surface area contributed by atoms with Crippen molar-refractivity contribution in [1.29, 1.82) is 5.26 Å². The monoisotopic (exact) mass is 261 g/mol. The fourth-order valence-corrected chi connectivity index (χ4v) is 1.73. The van der Waals surface area contributed by atoms with E-state index < -0.39 is 0 Å². The predicted molar refractivity (Wildman–Crippen MR) is 68.8 cm³/mol. The van der Waals surface area contributed by atoms with Gasteiger partial charge in [-0.2, -0.15) is 5.26 Å². The lowest BCUT2D eigenvalue weighted by Gasteiger charge is -2.04. The Hall–Kier alpha value is -3.27. The van der Waals surface area contributed by atoms with Gasteiger partial charge in [-0.25, -0.2) is 29.9 Å². The first-order valence-electron chi connectivity index (χ1n) is 5.67. The standard InChI is InChI=1S/C13H7N7/c14-4-9-1-10(12-17-5-15-6-18-12)3-11(2-9)13-19-7-16-8-20-13/h1-3,5-8H. The van der Waals surface area contributed by atoms with Crippen LogP contribution in [0.25, 0.3) is 22.8 Å². The second kappa shape index (κ2) is 5.16. The fourth-order valence-electron chi connectivity index (χ4n) is 1.73. The van der Waals surface area contributed by atoms with Crippen LogP contribution in [0.1, 0.15) is 5.56 Å². The number of rotatable bonds is 2. The highest BCUT2D eigenvalue weighted by Crippen LogP contribution is 2.23. The maximum absolute atomic E-state index is 9.12. The maximum atomic E-state index is 9.12. The Balaban J connectivity index is 2.16. The lowest BCUT2D eigenvalue weighted by Crippen LogP contribution is -1.94. The van der Waals surface area contributed by atoms with Crippen LogP contribution >= 0.6 is 0 Å². The van der Waals surface area contributed by atoms with E-state index in [-0.39, 0.29) is 0 Å². The lowest BCUT2D eigenvalue weighted by molar-refractivity contribution is 1.05. The zero-order valence-corrected chi connectivity index (χ0v) is 10.2. The number of hydrogen-bond donors (Lipinski definition) is 0. The lowest BCUT2D eigenvalue weighted by atomic mass is 10.1. The van der Waals surface area contributed by atoms with Gasteiger partial charge in [0.25, 0.3) is 0 Å². The summed E-state index contributed by atoms with van der Waals surface area (Å²) in [4.78, 5) is 23.8. The molecule has 0 spiro atoms. The minimum atomic E-state index is 0.485. The number of benzene rings is 1. The molecule has 20 heavy (non-hydrogen) atoms. The van der Waals surface area contributed by atoms with E-state index >= 15 is 0 Å². The summed E-state index contributed by atoms with van der Waals surface area (Å²) in [7, 11) is 0.